The molecule has 0 radical (unpaired) electrons. The van der Waals surface area contributed by atoms with Crippen molar-refractivity contribution in [2.75, 3.05) is 40.9 Å². The molecule has 0 saturated carbocycles. The molecular formula is C20H28N4O2S. The zero-order valence-electron chi connectivity index (χ0n) is 16.3. The van der Waals surface area contributed by atoms with Crippen molar-refractivity contribution in [1.29, 1.82) is 0 Å². The third kappa shape index (κ3) is 4.40. The molecule has 7 heteroatoms. The summed E-state index contributed by atoms with van der Waals surface area (Å²) in [6, 6.07) is 12.0. The Morgan fingerprint density at radius 2 is 1.74 bits per heavy atom. The van der Waals surface area contributed by atoms with Crippen LogP contribution in [0.15, 0.2) is 36.4 Å². The Hall–Kier alpha value is -2.15. The van der Waals surface area contributed by atoms with Gasteiger partial charge in [-0.1, -0.05) is 30.3 Å². The second-order valence-corrected chi connectivity index (χ2v) is 9.02. The smallest absolute Gasteiger partial charge is 0.227 e. The van der Waals surface area contributed by atoms with E-state index in [1.54, 1.807) is 0 Å². The fourth-order valence-electron chi connectivity index (χ4n) is 3.60. The monoisotopic (exact) mass is 388 g/mol. The molecule has 1 fully saturated rings. The summed E-state index contributed by atoms with van der Waals surface area (Å²) in [5, 5.41) is 0. The van der Waals surface area contributed by atoms with Gasteiger partial charge in [0, 0.05) is 37.3 Å². The third-order valence-corrected chi connectivity index (χ3v) is 6.85. The molecule has 2 heterocycles. The molecule has 1 aliphatic heterocycles. The number of anilines is 2. The highest BCUT2D eigenvalue weighted by molar-refractivity contribution is 7.91. The number of aromatic nitrogens is 2. The van der Waals surface area contributed by atoms with E-state index in [-0.39, 0.29) is 17.5 Å². The maximum absolute atomic E-state index is 12.0. The van der Waals surface area contributed by atoms with E-state index in [1.807, 2.05) is 43.3 Å². The Morgan fingerprint density at radius 3 is 2.30 bits per heavy atom. The minimum Gasteiger partial charge on any atom is -0.353 e. The van der Waals surface area contributed by atoms with Crippen LogP contribution in [0, 0.1) is 0 Å². The second kappa shape index (κ2) is 8.25. The maximum Gasteiger partial charge on any atom is 0.227 e. The summed E-state index contributed by atoms with van der Waals surface area (Å²) in [5.41, 5.74) is 1.89. The zero-order chi connectivity index (χ0) is 19.4. The van der Waals surface area contributed by atoms with Gasteiger partial charge in [0.2, 0.25) is 5.95 Å². The highest BCUT2D eigenvalue weighted by Gasteiger charge is 2.32. The molecule has 3 rings (SSSR count). The summed E-state index contributed by atoms with van der Waals surface area (Å²) in [4.78, 5) is 13.8. The first-order valence-electron chi connectivity index (χ1n) is 9.64. The molecule has 1 saturated heterocycles. The van der Waals surface area contributed by atoms with Gasteiger partial charge < -0.3 is 9.80 Å². The molecule has 1 aromatic carbocycles. The summed E-state index contributed by atoms with van der Waals surface area (Å²) in [5.74, 6) is 1.95. The van der Waals surface area contributed by atoms with Gasteiger partial charge in [0.1, 0.15) is 5.82 Å². The van der Waals surface area contributed by atoms with Crippen LogP contribution in [0.1, 0.15) is 27.2 Å². The summed E-state index contributed by atoms with van der Waals surface area (Å²) in [7, 11) is -2.95. The first-order valence-corrected chi connectivity index (χ1v) is 11.5. The van der Waals surface area contributed by atoms with Crippen LogP contribution in [0.4, 0.5) is 11.8 Å². The lowest BCUT2D eigenvalue weighted by Gasteiger charge is -2.29. The van der Waals surface area contributed by atoms with E-state index in [9.17, 15) is 8.42 Å². The van der Waals surface area contributed by atoms with Crippen molar-refractivity contribution in [3.8, 4) is 11.3 Å². The highest BCUT2D eigenvalue weighted by atomic mass is 32.2. The number of sulfone groups is 1. The topological polar surface area (TPSA) is 66.4 Å². The van der Waals surface area contributed by atoms with E-state index < -0.39 is 9.84 Å². The van der Waals surface area contributed by atoms with E-state index in [4.69, 9.17) is 9.97 Å². The van der Waals surface area contributed by atoms with Crippen molar-refractivity contribution in [1.82, 2.24) is 9.97 Å². The Balaban J connectivity index is 2.06. The Morgan fingerprint density at radius 1 is 1.04 bits per heavy atom. The molecule has 27 heavy (non-hydrogen) atoms. The van der Waals surface area contributed by atoms with E-state index in [0.717, 1.165) is 30.2 Å². The number of rotatable bonds is 7. The Bertz CT molecular complexity index is 867. The Labute approximate surface area is 162 Å². The fraction of sp³-hybridized carbons (Fsp3) is 0.500. The average molecular weight is 389 g/mol. The van der Waals surface area contributed by atoms with Crippen LogP contribution in [-0.4, -0.2) is 55.6 Å². The van der Waals surface area contributed by atoms with Crippen LogP contribution in [0.3, 0.4) is 0 Å². The molecular weight excluding hydrogens is 360 g/mol. The van der Waals surface area contributed by atoms with Crippen molar-refractivity contribution in [3.63, 3.8) is 0 Å². The van der Waals surface area contributed by atoms with E-state index in [0.29, 0.717) is 18.9 Å². The minimum absolute atomic E-state index is 0.0249. The molecule has 0 spiro atoms. The van der Waals surface area contributed by atoms with Crippen LogP contribution < -0.4 is 9.80 Å². The van der Waals surface area contributed by atoms with Crippen molar-refractivity contribution >= 4 is 21.6 Å². The molecule has 1 unspecified atom stereocenters. The van der Waals surface area contributed by atoms with Gasteiger partial charge in [-0.25, -0.2) is 13.4 Å². The minimum atomic E-state index is -2.95. The van der Waals surface area contributed by atoms with Crippen molar-refractivity contribution < 1.29 is 8.42 Å². The summed E-state index contributed by atoms with van der Waals surface area (Å²) >= 11 is 0. The van der Waals surface area contributed by atoms with E-state index >= 15 is 0 Å². The number of hydrogen-bond donors (Lipinski definition) is 0. The van der Waals surface area contributed by atoms with Gasteiger partial charge in [-0.3, -0.25) is 0 Å². The maximum atomic E-state index is 12.0. The first-order chi connectivity index (χ1) is 13.0. The van der Waals surface area contributed by atoms with E-state index in [2.05, 4.69) is 23.6 Å². The predicted octanol–water partition coefficient (Wildman–Crippen LogP) is 3.00. The molecule has 1 atom stereocenters. The van der Waals surface area contributed by atoms with Crippen molar-refractivity contribution in [2.45, 2.75) is 33.2 Å². The molecule has 0 amide bonds. The van der Waals surface area contributed by atoms with Crippen LogP contribution in [0.5, 0.6) is 0 Å². The molecule has 146 valence electrons. The Kier molecular flexibility index (Phi) is 5.99. The lowest BCUT2D eigenvalue weighted by atomic mass is 10.1. The second-order valence-electron chi connectivity index (χ2n) is 6.79. The summed E-state index contributed by atoms with van der Waals surface area (Å²) in [6.45, 7) is 8.57. The standard InChI is InChI=1S/C20H28N4O2S/c1-4-23(5-2)20-21-18(16-10-8-7-9-11-16)14-19(22-20)24(6-3)17-12-13-27(25,26)15-17/h7-11,14,17H,4-6,12-13,15H2,1-3H3. The summed E-state index contributed by atoms with van der Waals surface area (Å²) < 4.78 is 24.0. The molecule has 1 aliphatic rings. The molecule has 0 bridgehead atoms. The number of nitrogens with zero attached hydrogens (tertiary/aromatic N) is 4. The first kappa shape index (κ1) is 19.6. The van der Waals surface area contributed by atoms with Gasteiger partial charge in [0.15, 0.2) is 9.84 Å². The average Bonchev–Trinajstić information content (AvgIpc) is 3.03. The normalized spacial score (nSPS) is 18.4. The molecule has 6 nitrogen and oxygen atoms in total. The largest absolute Gasteiger partial charge is 0.353 e. The summed E-state index contributed by atoms with van der Waals surface area (Å²) in [6.07, 6.45) is 0.654. The van der Waals surface area contributed by atoms with Gasteiger partial charge in [-0.2, -0.15) is 4.98 Å². The number of hydrogen-bond acceptors (Lipinski definition) is 6. The van der Waals surface area contributed by atoms with Crippen molar-refractivity contribution in [3.05, 3.63) is 36.4 Å². The van der Waals surface area contributed by atoms with Crippen LogP contribution >= 0.6 is 0 Å². The lowest BCUT2D eigenvalue weighted by molar-refractivity contribution is 0.599. The van der Waals surface area contributed by atoms with Gasteiger partial charge >= 0.3 is 0 Å². The highest BCUT2D eigenvalue weighted by Crippen LogP contribution is 2.28. The van der Waals surface area contributed by atoms with Gasteiger partial charge in [0.25, 0.3) is 0 Å². The van der Waals surface area contributed by atoms with Crippen molar-refractivity contribution in [2.24, 2.45) is 0 Å². The van der Waals surface area contributed by atoms with Gasteiger partial charge in [0.05, 0.1) is 17.2 Å². The van der Waals surface area contributed by atoms with Gasteiger partial charge in [-0.15, -0.1) is 0 Å². The van der Waals surface area contributed by atoms with Crippen LogP contribution in [-0.2, 0) is 9.84 Å². The SMILES string of the molecule is CCN(CC)c1nc(-c2ccccc2)cc(N(CC)C2CCS(=O)(=O)C2)n1. The number of benzene rings is 1. The van der Waals surface area contributed by atoms with Gasteiger partial charge in [-0.05, 0) is 27.2 Å². The zero-order valence-corrected chi connectivity index (χ0v) is 17.1. The van der Waals surface area contributed by atoms with Crippen LogP contribution in [0.25, 0.3) is 11.3 Å². The molecule has 0 aliphatic carbocycles. The quantitative estimate of drug-likeness (QED) is 0.726. The lowest BCUT2D eigenvalue weighted by Crippen LogP contribution is -2.37. The molecule has 2 aromatic rings. The molecule has 1 aromatic heterocycles. The van der Waals surface area contributed by atoms with Crippen LogP contribution in [0.2, 0.25) is 0 Å². The predicted molar refractivity (Wildman–Crippen MR) is 111 cm³/mol. The third-order valence-electron chi connectivity index (χ3n) is 5.10. The molecule has 0 N–H and O–H groups in total. The fourth-order valence-corrected chi connectivity index (χ4v) is 5.33. The van der Waals surface area contributed by atoms with E-state index in [1.165, 1.54) is 0 Å².